The van der Waals surface area contributed by atoms with E-state index in [-0.39, 0.29) is 0 Å². The molecule has 0 radical (unpaired) electrons. The average Bonchev–Trinajstić information content (AvgIpc) is 2.86. The molecule has 2 rings (SSSR count). The SMILES string of the molecule is CCNCc1c(-c2ccc(OCCC(C)C)cc2)n[nH]c1C. The van der Waals surface area contributed by atoms with Gasteiger partial charge in [0, 0.05) is 23.4 Å². The van der Waals surface area contributed by atoms with E-state index in [0.29, 0.717) is 5.92 Å². The smallest absolute Gasteiger partial charge is 0.119 e. The summed E-state index contributed by atoms with van der Waals surface area (Å²) in [4.78, 5) is 0. The molecule has 0 saturated heterocycles. The minimum absolute atomic E-state index is 0.667. The zero-order valence-electron chi connectivity index (χ0n) is 14.1. The van der Waals surface area contributed by atoms with E-state index in [9.17, 15) is 0 Å². The molecule has 1 heterocycles. The van der Waals surface area contributed by atoms with Crippen molar-refractivity contribution in [3.8, 4) is 17.0 Å². The number of H-pyrrole nitrogens is 1. The van der Waals surface area contributed by atoms with Gasteiger partial charge in [-0.15, -0.1) is 0 Å². The summed E-state index contributed by atoms with van der Waals surface area (Å²) in [6.07, 6.45) is 1.08. The number of nitrogens with zero attached hydrogens (tertiary/aromatic N) is 1. The lowest BCUT2D eigenvalue weighted by Gasteiger charge is -2.09. The lowest BCUT2D eigenvalue weighted by molar-refractivity contribution is 0.289. The maximum absolute atomic E-state index is 5.77. The van der Waals surface area contributed by atoms with Crippen LogP contribution in [0.3, 0.4) is 0 Å². The van der Waals surface area contributed by atoms with Gasteiger partial charge in [0.2, 0.25) is 0 Å². The molecule has 2 aromatic rings. The lowest BCUT2D eigenvalue weighted by atomic mass is 10.1. The summed E-state index contributed by atoms with van der Waals surface area (Å²) in [5, 5.41) is 10.9. The fourth-order valence-corrected chi connectivity index (χ4v) is 2.28. The van der Waals surface area contributed by atoms with Gasteiger partial charge in [-0.3, -0.25) is 5.10 Å². The number of rotatable bonds is 8. The summed E-state index contributed by atoms with van der Waals surface area (Å²) >= 11 is 0. The molecule has 0 bridgehead atoms. The number of hydrogen-bond donors (Lipinski definition) is 2. The Morgan fingerprint density at radius 2 is 1.95 bits per heavy atom. The maximum Gasteiger partial charge on any atom is 0.119 e. The molecule has 0 spiro atoms. The molecule has 4 nitrogen and oxygen atoms in total. The zero-order valence-corrected chi connectivity index (χ0v) is 14.1. The van der Waals surface area contributed by atoms with Gasteiger partial charge >= 0.3 is 0 Å². The molecule has 120 valence electrons. The highest BCUT2D eigenvalue weighted by atomic mass is 16.5. The molecule has 0 unspecified atom stereocenters. The lowest BCUT2D eigenvalue weighted by Crippen LogP contribution is -2.12. The van der Waals surface area contributed by atoms with Gasteiger partial charge in [-0.25, -0.2) is 0 Å². The van der Waals surface area contributed by atoms with Crippen molar-refractivity contribution in [2.24, 2.45) is 5.92 Å². The topological polar surface area (TPSA) is 49.9 Å². The van der Waals surface area contributed by atoms with Crippen LogP contribution in [0.2, 0.25) is 0 Å². The number of aromatic amines is 1. The average molecular weight is 301 g/mol. The number of ether oxygens (including phenoxy) is 1. The number of aryl methyl sites for hydroxylation is 1. The van der Waals surface area contributed by atoms with Gasteiger partial charge in [-0.1, -0.05) is 20.8 Å². The van der Waals surface area contributed by atoms with Crippen molar-refractivity contribution in [3.63, 3.8) is 0 Å². The first-order valence-corrected chi connectivity index (χ1v) is 8.09. The summed E-state index contributed by atoms with van der Waals surface area (Å²) in [6.45, 7) is 11.1. The Morgan fingerprint density at radius 3 is 2.59 bits per heavy atom. The molecule has 1 aromatic heterocycles. The van der Waals surface area contributed by atoms with Gasteiger partial charge in [0.25, 0.3) is 0 Å². The second-order valence-corrected chi connectivity index (χ2v) is 6.01. The molecule has 0 amide bonds. The van der Waals surface area contributed by atoms with Crippen molar-refractivity contribution >= 4 is 0 Å². The summed E-state index contributed by atoms with van der Waals surface area (Å²) < 4.78 is 5.77. The van der Waals surface area contributed by atoms with Gasteiger partial charge in [0.1, 0.15) is 5.75 Å². The Labute approximate surface area is 133 Å². The third-order valence-corrected chi connectivity index (χ3v) is 3.72. The molecular formula is C18H27N3O. The quantitative estimate of drug-likeness (QED) is 0.777. The van der Waals surface area contributed by atoms with E-state index < -0.39 is 0 Å². The highest BCUT2D eigenvalue weighted by Gasteiger charge is 2.11. The number of nitrogens with one attached hydrogen (secondary N) is 2. The maximum atomic E-state index is 5.77. The van der Waals surface area contributed by atoms with E-state index in [1.165, 1.54) is 5.56 Å². The van der Waals surface area contributed by atoms with Crippen LogP contribution in [0.5, 0.6) is 5.75 Å². The van der Waals surface area contributed by atoms with Crippen LogP contribution in [0.15, 0.2) is 24.3 Å². The van der Waals surface area contributed by atoms with Crippen LogP contribution in [0, 0.1) is 12.8 Å². The first-order valence-electron chi connectivity index (χ1n) is 8.09. The van der Waals surface area contributed by atoms with Crippen LogP contribution in [-0.4, -0.2) is 23.3 Å². The Kier molecular flexibility index (Phi) is 6.01. The van der Waals surface area contributed by atoms with E-state index in [1.54, 1.807) is 0 Å². The Bertz CT molecular complexity index is 573. The van der Waals surface area contributed by atoms with Gasteiger partial charge in [0.05, 0.1) is 12.3 Å². The third-order valence-electron chi connectivity index (χ3n) is 3.72. The van der Waals surface area contributed by atoms with E-state index in [0.717, 1.165) is 48.8 Å². The second-order valence-electron chi connectivity index (χ2n) is 6.01. The van der Waals surface area contributed by atoms with Gasteiger partial charge in [0.15, 0.2) is 0 Å². The second kappa shape index (κ2) is 7.99. The fraction of sp³-hybridized carbons (Fsp3) is 0.500. The summed E-state index contributed by atoms with van der Waals surface area (Å²) in [5.74, 6) is 1.59. The number of aromatic nitrogens is 2. The third kappa shape index (κ3) is 4.34. The fourth-order valence-electron chi connectivity index (χ4n) is 2.28. The highest BCUT2D eigenvalue weighted by Crippen LogP contribution is 2.25. The van der Waals surface area contributed by atoms with Crippen molar-refractivity contribution in [2.75, 3.05) is 13.2 Å². The molecule has 4 heteroatoms. The van der Waals surface area contributed by atoms with Crippen LogP contribution < -0.4 is 10.1 Å². The molecular weight excluding hydrogens is 274 g/mol. The van der Waals surface area contributed by atoms with Crippen LogP contribution in [0.1, 0.15) is 38.4 Å². The normalized spacial score (nSPS) is 11.1. The first kappa shape index (κ1) is 16.6. The molecule has 2 N–H and O–H groups in total. The first-order chi connectivity index (χ1) is 10.6. The van der Waals surface area contributed by atoms with Gasteiger partial charge in [-0.05, 0) is 50.1 Å². The summed E-state index contributed by atoms with van der Waals surface area (Å²) in [6, 6.07) is 8.21. The summed E-state index contributed by atoms with van der Waals surface area (Å²) in [7, 11) is 0. The molecule has 1 aromatic carbocycles. The monoisotopic (exact) mass is 301 g/mol. The largest absolute Gasteiger partial charge is 0.494 e. The van der Waals surface area contributed by atoms with Crippen molar-refractivity contribution in [1.29, 1.82) is 0 Å². The number of hydrogen-bond acceptors (Lipinski definition) is 3. The molecule has 0 aliphatic carbocycles. The molecule has 0 aliphatic rings. The molecule has 22 heavy (non-hydrogen) atoms. The Balaban J connectivity index is 2.07. The van der Waals surface area contributed by atoms with Gasteiger partial charge < -0.3 is 10.1 Å². The molecule has 0 fully saturated rings. The molecule has 0 saturated carbocycles. The van der Waals surface area contributed by atoms with Crippen molar-refractivity contribution in [1.82, 2.24) is 15.5 Å². The predicted molar refractivity (Wildman–Crippen MR) is 91.1 cm³/mol. The van der Waals surface area contributed by atoms with Crippen molar-refractivity contribution < 1.29 is 4.74 Å². The van der Waals surface area contributed by atoms with E-state index in [1.807, 2.05) is 12.1 Å². The standard InChI is InChI=1S/C18H27N3O/c1-5-19-12-17-14(4)20-21-18(17)15-6-8-16(9-7-15)22-11-10-13(2)3/h6-9,13,19H,5,10-12H2,1-4H3,(H,20,21). The van der Waals surface area contributed by atoms with Crippen LogP contribution in [-0.2, 0) is 6.54 Å². The van der Waals surface area contributed by atoms with Crippen molar-refractivity contribution in [2.45, 2.75) is 40.7 Å². The van der Waals surface area contributed by atoms with Crippen molar-refractivity contribution in [3.05, 3.63) is 35.5 Å². The Morgan fingerprint density at radius 1 is 1.23 bits per heavy atom. The van der Waals surface area contributed by atoms with Crippen LogP contribution in [0.25, 0.3) is 11.3 Å². The summed E-state index contributed by atoms with van der Waals surface area (Å²) in [5.41, 5.74) is 4.49. The van der Waals surface area contributed by atoms with Gasteiger partial charge in [-0.2, -0.15) is 5.10 Å². The van der Waals surface area contributed by atoms with Crippen LogP contribution >= 0.6 is 0 Å². The highest BCUT2D eigenvalue weighted by molar-refractivity contribution is 5.64. The molecule has 0 atom stereocenters. The minimum atomic E-state index is 0.667. The minimum Gasteiger partial charge on any atom is -0.494 e. The predicted octanol–water partition coefficient (Wildman–Crippen LogP) is 3.92. The van der Waals surface area contributed by atoms with E-state index in [4.69, 9.17) is 4.74 Å². The zero-order chi connectivity index (χ0) is 15.9. The molecule has 0 aliphatic heterocycles. The van der Waals surface area contributed by atoms with E-state index >= 15 is 0 Å². The van der Waals surface area contributed by atoms with Crippen LogP contribution in [0.4, 0.5) is 0 Å². The number of benzene rings is 1. The van der Waals surface area contributed by atoms with E-state index in [2.05, 4.69) is 55.3 Å². The Hall–Kier alpha value is -1.81.